The number of nitrogens with one attached hydrogen (secondary N) is 2. The molecule has 0 aliphatic rings. The fourth-order valence-corrected chi connectivity index (χ4v) is 3.46. The van der Waals surface area contributed by atoms with Crippen molar-refractivity contribution in [1.82, 2.24) is 4.98 Å². The third kappa shape index (κ3) is 4.24. The van der Waals surface area contributed by atoms with E-state index in [9.17, 15) is 22.4 Å². The van der Waals surface area contributed by atoms with Crippen LogP contribution < -0.4 is 16.4 Å². The van der Waals surface area contributed by atoms with Gasteiger partial charge in [0.25, 0.3) is 0 Å². The van der Waals surface area contributed by atoms with E-state index in [1.807, 2.05) is 0 Å². The maximum Gasteiger partial charge on any atom is 0.416 e. The Kier molecular flexibility index (Phi) is 5.51. The summed E-state index contributed by atoms with van der Waals surface area (Å²) in [5.41, 5.74) is 6.59. The molecule has 11 heteroatoms. The number of aromatic nitrogens is 1. The first-order chi connectivity index (χ1) is 15.1. The van der Waals surface area contributed by atoms with Crippen LogP contribution in [0.2, 0.25) is 0 Å². The molecule has 0 aliphatic heterocycles. The second-order valence-corrected chi connectivity index (χ2v) is 7.55. The summed E-state index contributed by atoms with van der Waals surface area (Å²) >= 11 is 3.35. The molecule has 0 bridgehead atoms. The molecule has 2 aromatic carbocycles. The molecule has 4 rings (SSSR count). The molecular weight excluding hydrogens is 496 g/mol. The first-order valence-electron chi connectivity index (χ1n) is 9.00. The average Bonchev–Trinajstić information content (AvgIpc) is 3.19. The largest absolute Gasteiger partial charge is 0.462 e. The standard InChI is InChI=1S/C21H13BrF4N4O2/c22-14-8-28-19(27)17-13(9-32-18(14)17)10-1-4-12(5-2-10)29-20(31)30-16-7-11(21(24,25)26)3-6-15(16)23/h1-9H,(H2,27,28)(H2,29,30,31). The first kappa shape index (κ1) is 21.6. The summed E-state index contributed by atoms with van der Waals surface area (Å²) in [5.74, 6) is -0.704. The number of nitrogens with zero attached hydrogens (tertiary/aromatic N) is 1. The fourth-order valence-electron chi connectivity index (χ4n) is 3.06. The number of halogens is 5. The normalized spacial score (nSPS) is 11.5. The maximum atomic E-state index is 13.8. The van der Waals surface area contributed by atoms with Crippen LogP contribution in [0, 0.1) is 5.82 Å². The number of carbonyl (C=O) groups is 1. The number of hydrogen-bond donors (Lipinski definition) is 3. The summed E-state index contributed by atoms with van der Waals surface area (Å²) in [6.45, 7) is 0. The van der Waals surface area contributed by atoms with E-state index in [0.29, 0.717) is 44.9 Å². The molecule has 0 atom stereocenters. The van der Waals surface area contributed by atoms with Crippen molar-refractivity contribution >= 4 is 50.1 Å². The Bertz CT molecular complexity index is 1320. The van der Waals surface area contributed by atoms with E-state index in [1.54, 1.807) is 24.3 Å². The molecule has 0 aliphatic carbocycles. The first-order valence-corrected chi connectivity index (χ1v) is 9.79. The van der Waals surface area contributed by atoms with Crippen molar-refractivity contribution in [2.45, 2.75) is 6.18 Å². The summed E-state index contributed by atoms with van der Waals surface area (Å²) in [6, 6.07) is 7.37. The number of amides is 2. The molecule has 6 nitrogen and oxygen atoms in total. The average molecular weight is 509 g/mol. The molecule has 0 radical (unpaired) electrons. The molecule has 0 spiro atoms. The summed E-state index contributed by atoms with van der Waals surface area (Å²) in [6.07, 6.45) is -1.61. The van der Waals surface area contributed by atoms with E-state index in [4.69, 9.17) is 10.2 Å². The van der Waals surface area contributed by atoms with E-state index in [-0.39, 0.29) is 5.82 Å². The number of furan rings is 1. The van der Waals surface area contributed by atoms with Gasteiger partial charge in [-0.2, -0.15) is 13.2 Å². The Morgan fingerprint density at radius 1 is 1.09 bits per heavy atom. The maximum absolute atomic E-state index is 13.8. The number of nitrogens with two attached hydrogens (primary N) is 1. The predicted molar refractivity (Wildman–Crippen MR) is 116 cm³/mol. The molecule has 2 amide bonds. The quantitative estimate of drug-likeness (QED) is 0.270. The number of alkyl halides is 3. The third-order valence-corrected chi connectivity index (χ3v) is 5.14. The molecule has 4 N–H and O–H groups in total. The van der Waals surface area contributed by atoms with Crippen molar-refractivity contribution in [2.75, 3.05) is 16.4 Å². The lowest BCUT2D eigenvalue weighted by Gasteiger charge is -2.12. The lowest BCUT2D eigenvalue weighted by atomic mass is 10.0. The van der Waals surface area contributed by atoms with Crippen molar-refractivity contribution in [3.63, 3.8) is 0 Å². The van der Waals surface area contributed by atoms with E-state index in [1.165, 1.54) is 12.5 Å². The molecule has 2 aromatic heterocycles. The zero-order chi connectivity index (χ0) is 23.0. The number of urea groups is 1. The minimum Gasteiger partial charge on any atom is -0.462 e. The van der Waals surface area contributed by atoms with Crippen molar-refractivity contribution in [1.29, 1.82) is 0 Å². The minimum atomic E-state index is -4.66. The molecular formula is C21H13BrF4N4O2. The van der Waals surface area contributed by atoms with Gasteiger partial charge in [-0.1, -0.05) is 12.1 Å². The summed E-state index contributed by atoms with van der Waals surface area (Å²) in [4.78, 5) is 16.2. The number of hydrogen-bond acceptors (Lipinski definition) is 4. The fraction of sp³-hybridized carbons (Fsp3) is 0.0476. The molecule has 32 heavy (non-hydrogen) atoms. The number of benzene rings is 2. The van der Waals surface area contributed by atoms with Gasteiger partial charge < -0.3 is 20.8 Å². The van der Waals surface area contributed by atoms with Crippen LogP contribution in [0.4, 0.5) is 39.5 Å². The van der Waals surface area contributed by atoms with E-state index >= 15 is 0 Å². The molecule has 164 valence electrons. The smallest absolute Gasteiger partial charge is 0.416 e. The summed E-state index contributed by atoms with van der Waals surface area (Å²) in [5, 5.41) is 5.14. The van der Waals surface area contributed by atoms with Gasteiger partial charge in [-0.15, -0.1) is 0 Å². The zero-order valence-electron chi connectivity index (χ0n) is 15.9. The van der Waals surface area contributed by atoms with Crippen LogP contribution in [-0.4, -0.2) is 11.0 Å². The van der Waals surface area contributed by atoms with E-state index < -0.39 is 29.3 Å². The number of rotatable bonds is 3. The Hall–Kier alpha value is -3.60. The monoisotopic (exact) mass is 508 g/mol. The highest BCUT2D eigenvalue weighted by Crippen LogP contribution is 2.37. The molecule has 0 fully saturated rings. The summed E-state index contributed by atoms with van der Waals surface area (Å²) in [7, 11) is 0. The van der Waals surface area contributed by atoms with Crippen LogP contribution in [-0.2, 0) is 6.18 Å². The van der Waals surface area contributed by atoms with Gasteiger partial charge in [0.15, 0.2) is 5.58 Å². The van der Waals surface area contributed by atoms with Crippen molar-refractivity contribution in [3.8, 4) is 11.1 Å². The lowest BCUT2D eigenvalue weighted by Crippen LogP contribution is -2.20. The van der Waals surface area contributed by atoms with Crippen LogP contribution in [0.1, 0.15) is 5.56 Å². The number of fused-ring (bicyclic) bond motifs is 1. The molecule has 0 unspecified atom stereocenters. The number of nitrogen functional groups attached to an aromatic ring is 1. The van der Waals surface area contributed by atoms with Crippen molar-refractivity contribution in [3.05, 3.63) is 70.8 Å². The van der Waals surface area contributed by atoms with Gasteiger partial charge in [-0.05, 0) is 51.8 Å². The SMILES string of the molecule is Nc1ncc(Br)c2occ(-c3ccc(NC(=O)Nc4cc(C(F)(F)F)ccc4F)cc3)c12. The van der Waals surface area contributed by atoms with Crippen LogP contribution in [0.15, 0.2) is 63.8 Å². The molecule has 0 saturated carbocycles. The second kappa shape index (κ2) is 8.15. The van der Waals surface area contributed by atoms with Gasteiger partial charge in [0.2, 0.25) is 0 Å². The Labute approximate surface area is 186 Å². The molecule has 2 heterocycles. The molecule has 4 aromatic rings. The van der Waals surface area contributed by atoms with Crippen LogP contribution >= 0.6 is 15.9 Å². The van der Waals surface area contributed by atoms with E-state index in [0.717, 1.165) is 5.56 Å². The van der Waals surface area contributed by atoms with Gasteiger partial charge in [0.1, 0.15) is 11.6 Å². The van der Waals surface area contributed by atoms with Crippen LogP contribution in [0.5, 0.6) is 0 Å². The van der Waals surface area contributed by atoms with Gasteiger partial charge >= 0.3 is 12.2 Å². The van der Waals surface area contributed by atoms with E-state index in [2.05, 4.69) is 31.5 Å². The van der Waals surface area contributed by atoms with Crippen LogP contribution in [0.3, 0.4) is 0 Å². The minimum absolute atomic E-state index is 0.289. The van der Waals surface area contributed by atoms with Crippen LogP contribution in [0.25, 0.3) is 22.1 Å². The topological polar surface area (TPSA) is 93.2 Å². The lowest BCUT2D eigenvalue weighted by molar-refractivity contribution is -0.137. The highest BCUT2D eigenvalue weighted by atomic mass is 79.9. The Morgan fingerprint density at radius 2 is 1.81 bits per heavy atom. The van der Waals surface area contributed by atoms with Gasteiger partial charge in [0, 0.05) is 17.4 Å². The van der Waals surface area contributed by atoms with Gasteiger partial charge in [-0.3, -0.25) is 0 Å². The van der Waals surface area contributed by atoms with Crippen molar-refractivity contribution < 1.29 is 26.8 Å². The second-order valence-electron chi connectivity index (χ2n) is 6.69. The highest BCUT2D eigenvalue weighted by molar-refractivity contribution is 9.10. The third-order valence-electron chi connectivity index (χ3n) is 4.58. The molecule has 0 saturated heterocycles. The highest BCUT2D eigenvalue weighted by Gasteiger charge is 2.31. The summed E-state index contributed by atoms with van der Waals surface area (Å²) < 4.78 is 58.5. The zero-order valence-corrected chi connectivity index (χ0v) is 17.5. The van der Waals surface area contributed by atoms with Crippen molar-refractivity contribution in [2.24, 2.45) is 0 Å². The Morgan fingerprint density at radius 3 is 2.50 bits per heavy atom. The van der Waals surface area contributed by atoms with Gasteiger partial charge in [0.05, 0.1) is 27.4 Å². The number of carbonyl (C=O) groups excluding carboxylic acids is 1. The predicted octanol–water partition coefficient (Wildman–Crippen LogP) is 6.64. The Balaban J connectivity index is 1.52. The number of anilines is 3. The van der Waals surface area contributed by atoms with Gasteiger partial charge in [-0.25, -0.2) is 14.2 Å². The number of pyridine rings is 1.